The van der Waals surface area contributed by atoms with Crippen LogP contribution in [0.1, 0.15) is 5.89 Å². The average molecular weight is 388 g/mol. The van der Waals surface area contributed by atoms with Gasteiger partial charge in [0.05, 0.1) is 37.7 Å². The second-order valence-electron chi connectivity index (χ2n) is 5.48. The van der Waals surface area contributed by atoms with Crippen LogP contribution in [0.4, 0.5) is 10.5 Å². The van der Waals surface area contributed by atoms with Crippen molar-refractivity contribution in [2.45, 2.75) is 6.54 Å². The fourth-order valence-corrected chi connectivity index (χ4v) is 2.64. The van der Waals surface area contributed by atoms with Gasteiger partial charge in [0.15, 0.2) is 5.76 Å². The van der Waals surface area contributed by atoms with E-state index in [4.69, 9.17) is 25.5 Å². The lowest BCUT2D eigenvalue weighted by molar-refractivity contribution is 0.250. The highest BCUT2D eigenvalue weighted by Crippen LogP contribution is 2.35. The average Bonchev–Trinajstić information content (AvgIpc) is 3.17. The molecule has 0 bridgehead atoms. The molecule has 8 heteroatoms. The number of carbonyl (C=O) groups excluding carboxylic acids is 1. The van der Waals surface area contributed by atoms with Crippen LogP contribution >= 0.6 is 11.6 Å². The second-order valence-corrected chi connectivity index (χ2v) is 5.89. The lowest BCUT2D eigenvalue weighted by Crippen LogP contribution is -2.28. The van der Waals surface area contributed by atoms with E-state index in [0.717, 1.165) is 5.56 Å². The number of ether oxygens (including phenoxy) is 2. The number of nitrogens with zero attached hydrogens (tertiary/aromatic N) is 1. The van der Waals surface area contributed by atoms with Crippen molar-refractivity contribution in [2.75, 3.05) is 19.5 Å². The normalized spacial score (nSPS) is 10.3. The molecule has 2 N–H and O–H groups in total. The highest BCUT2D eigenvalue weighted by Gasteiger charge is 2.13. The van der Waals surface area contributed by atoms with Crippen LogP contribution in [0.5, 0.6) is 11.5 Å². The van der Waals surface area contributed by atoms with Gasteiger partial charge in [0.2, 0.25) is 5.89 Å². The van der Waals surface area contributed by atoms with Crippen LogP contribution in [0.15, 0.2) is 53.1 Å². The first-order valence-electron chi connectivity index (χ1n) is 8.07. The maximum Gasteiger partial charge on any atom is 0.319 e. The Hall–Kier alpha value is -3.19. The van der Waals surface area contributed by atoms with Crippen molar-refractivity contribution < 1.29 is 18.7 Å². The quantitative estimate of drug-likeness (QED) is 0.657. The molecule has 7 nitrogen and oxygen atoms in total. The second kappa shape index (κ2) is 8.46. The molecule has 27 heavy (non-hydrogen) atoms. The summed E-state index contributed by atoms with van der Waals surface area (Å²) in [6.07, 6.45) is 1.62. The smallest absolute Gasteiger partial charge is 0.319 e. The zero-order valence-corrected chi connectivity index (χ0v) is 15.5. The van der Waals surface area contributed by atoms with E-state index in [2.05, 4.69) is 15.6 Å². The van der Waals surface area contributed by atoms with Gasteiger partial charge in [-0.2, -0.15) is 0 Å². The van der Waals surface area contributed by atoms with Gasteiger partial charge in [-0.1, -0.05) is 41.9 Å². The summed E-state index contributed by atoms with van der Waals surface area (Å²) in [6, 6.07) is 12.3. The van der Waals surface area contributed by atoms with Crippen LogP contribution in [0.2, 0.25) is 5.02 Å². The van der Waals surface area contributed by atoms with E-state index in [0.29, 0.717) is 33.9 Å². The number of hydrogen-bond acceptors (Lipinski definition) is 5. The first-order valence-corrected chi connectivity index (χ1v) is 8.45. The Balaban J connectivity index is 1.63. The molecule has 140 valence electrons. The maximum absolute atomic E-state index is 12.2. The third kappa shape index (κ3) is 4.51. The molecule has 2 aromatic carbocycles. The number of amides is 2. The van der Waals surface area contributed by atoms with Gasteiger partial charge >= 0.3 is 6.03 Å². The van der Waals surface area contributed by atoms with E-state index < -0.39 is 6.03 Å². The van der Waals surface area contributed by atoms with Crippen LogP contribution in [-0.2, 0) is 6.54 Å². The van der Waals surface area contributed by atoms with E-state index in [9.17, 15) is 4.79 Å². The van der Waals surface area contributed by atoms with E-state index in [1.165, 1.54) is 14.2 Å². The van der Waals surface area contributed by atoms with Crippen LogP contribution in [-0.4, -0.2) is 25.2 Å². The topological polar surface area (TPSA) is 85.6 Å². The van der Waals surface area contributed by atoms with E-state index in [1.54, 1.807) is 18.3 Å². The Morgan fingerprint density at radius 1 is 1.15 bits per heavy atom. The van der Waals surface area contributed by atoms with Gasteiger partial charge in [0.25, 0.3) is 0 Å². The summed E-state index contributed by atoms with van der Waals surface area (Å²) >= 11 is 6.06. The van der Waals surface area contributed by atoms with Crippen molar-refractivity contribution in [3.63, 3.8) is 0 Å². The molecule has 0 spiro atoms. The molecule has 1 heterocycles. The van der Waals surface area contributed by atoms with Crippen LogP contribution in [0, 0.1) is 0 Å². The summed E-state index contributed by atoms with van der Waals surface area (Å²) < 4.78 is 16.0. The summed E-state index contributed by atoms with van der Waals surface area (Å²) in [4.78, 5) is 16.4. The first kappa shape index (κ1) is 18.6. The third-order valence-corrected chi connectivity index (χ3v) is 4.03. The highest BCUT2D eigenvalue weighted by atomic mass is 35.5. The monoisotopic (exact) mass is 387 g/mol. The number of halogens is 1. The Kier molecular flexibility index (Phi) is 5.83. The molecule has 0 aliphatic carbocycles. The molecule has 0 unspecified atom stereocenters. The minimum absolute atomic E-state index is 0.131. The summed E-state index contributed by atoms with van der Waals surface area (Å²) in [5, 5.41) is 5.75. The van der Waals surface area contributed by atoms with Crippen molar-refractivity contribution in [3.8, 4) is 22.8 Å². The number of hydrogen-bond donors (Lipinski definition) is 2. The van der Waals surface area contributed by atoms with Gasteiger partial charge in [0, 0.05) is 17.7 Å². The predicted octanol–water partition coefficient (Wildman–Crippen LogP) is 4.33. The van der Waals surface area contributed by atoms with Gasteiger partial charge in [-0.05, 0) is 0 Å². The maximum atomic E-state index is 12.2. The van der Waals surface area contributed by atoms with E-state index in [1.807, 2.05) is 30.3 Å². The molecule has 0 saturated carbocycles. The fourth-order valence-electron chi connectivity index (χ4n) is 2.41. The molecule has 2 amide bonds. The Morgan fingerprint density at radius 3 is 2.59 bits per heavy atom. The first-order chi connectivity index (χ1) is 13.1. The Morgan fingerprint density at radius 2 is 1.89 bits per heavy atom. The zero-order chi connectivity index (χ0) is 19.2. The fraction of sp³-hybridized carbons (Fsp3) is 0.158. The van der Waals surface area contributed by atoms with E-state index >= 15 is 0 Å². The number of anilines is 1. The van der Waals surface area contributed by atoms with Crippen LogP contribution in [0.3, 0.4) is 0 Å². The number of nitrogens with one attached hydrogen (secondary N) is 2. The molecule has 3 aromatic rings. The van der Waals surface area contributed by atoms with Crippen molar-refractivity contribution in [1.82, 2.24) is 10.3 Å². The summed E-state index contributed by atoms with van der Waals surface area (Å²) in [7, 11) is 2.98. The van der Waals surface area contributed by atoms with Crippen molar-refractivity contribution >= 4 is 23.3 Å². The molecule has 0 saturated heterocycles. The number of oxazole rings is 1. The largest absolute Gasteiger partial charge is 0.495 e. The SMILES string of the molecule is COc1cc(NC(=O)NCc2ncc(-c3ccccc3)o2)c(OC)cc1Cl. The lowest BCUT2D eigenvalue weighted by Gasteiger charge is -2.13. The molecular weight excluding hydrogens is 370 g/mol. The molecule has 3 rings (SSSR count). The number of methoxy groups -OCH3 is 2. The van der Waals surface area contributed by atoms with Crippen molar-refractivity contribution in [1.29, 1.82) is 0 Å². The number of benzene rings is 2. The number of carbonyl (C=O) groups is 1. The van der Waals surface area contributed by atoms with Gasteiger partial charge in [-0.15, -0.1) is 0 Å². The summed E-state index contributed by atoms with van der Waals surface area (Å²) in [5.41, 5.74) is 1.34. The molecule has 0 aliphatic heterocycles. The number of aromatic nitrogens is 1. The summed E-state index contributed by atoms with van der Waals surface area (Å²) in [5.74, 6) is 1.87. The molecule has 0 radical (unpaired) electrons. The van der Waals surface area contributed by atoms with Crippen LogP contribution in [0.25, 0.3) is 11.3 Å². The molecule has 0 aliphatic rings. The van der Waals surface area contributed by atoms with Gasteiger partial charge in [0.1, 0.15) is 11.5 Å². The highest BCUT2D eigenvalue weighted by molar-refractivity contribution is 6.32. The van der Waals surface area contributed by atoms with Crippen LogP contribution < -0.4 is 20.1 Å². The predicted molar refractivity (Wildman–Crippen MR) is 102 cm³/mol. The molecule has 0 fully saturated rings. The van der Waals surface area contributed by atoms with E-state index in [-0.39, 0.29) is 6.54 Å². The number of rotatable bonds is 6. The Bertz CT molecular complexity index is 928. The summed E-state index contributed by atoms with van der Waals surface area (Å²) in [6.45, 7) is 0.131. The molecule has 1 aromatic heterocycles. The van der Waals surface area contributed by atoms with Crippen molar-refractivity contribution in [3.05, 3.63) is 59.6 Å². The molecular formula is C19H18ClN3O4. The van der Waals surface area contributed by atoms with Gasteiger partial charge in [-0.25, -0.2) is 9.78 Å². The minimum atomic E-state index is -0.447. The third-order valence-electron chi connectivity index (χ3n) is 3.73. The standard InChI is InChI=1S/C19H18ClN3O4/c1-25-15-9-14(16(26-2)8-13(15)20)23-19(24)22-11-18-21-10-17(27-18)12-6-4-3-5-7-12/h3-10H,11H2,1-2H3,(H2,22,23,24). The lowest BCUT2D eigenvalue weighted by atomic mass is 10.2. The van der Waals surface area contributed by atoms with Crippen molar-refractivity contribution in [2.24, 2.45) is 0 Å². The zero-order valence-electron chi connectivity index (χ0n) is 14.8. The Labute approximate surface area is 161 Å². The minimum Gasteiger partial charge on any atom is -0.495 e. The molecule has 0 atom stereocenters. The number of urea groups is 1. The van der Waals surface area contributed by atoms with Gasteiger partial charge in [-0.3, -0.25) is 0 Å². The van der Waals surface area contributed by atoms with Gasteiger partial charge < -0.3 is 24.5 Å².